The molecule has 0 aromatic heterocycles. The number of alkyl carbamates (subject to hydrolysis) is 1. The number of carbonyl (C=O) groups is 3. The molecule has 2 amide bonds. The fraction of sp³-hybridized carbons (Fsp3) is 0.423. The Bertz CT molecular complexity index is 1020. The lowest BCUT2D eigenvalue weighted by atomic mass is 9.98. The number of carbonyl (C=O) groups excluding carboxylic acids is 2. The standard InChI is InChI=1S/C26H30N2O6/c1-15(2)22(24(29)27-13-16-11-12-33-23(16)25(30)31)28-26(32)34-14-21-19-9-5-3-7-17(19)18-8-4-6-10-20(18)21/h3-10,15-16,21-23H,11-14H2,1-2H3,(H,27,29)(H,28,32)(H,30,31). The summed E-state index contributed by atoms with van der Waals surface area (Å²) in [6, 6.07) is 15.4. The average molecular weight is 467 g/mol. The van der Waals surface area contributed by atoms with Gasteiger partial charge in [0.1, 0.15) is 12.6 Å². The quantitative estimate of drug-likeness (QED) is 0.551. The maximum absolute atomic E-state index is 12.8. The van der Waals surface area contributed by atoms with E-state index in [0.29, 0.717) is 13.0 Å². The largest absolute Gasteiger partial charge is 0.479 e. The van der Waals surface area contributed by atoms with Crippen LogP contribution in [0.2, 0.25) is 0 Å². The Kier molecular flexibility index (Phi) is 7.17. The predicted octanol–water partition coefficient (Wildman–Crippen LogP) is 3.16. The van der Waals surface area contributed by atoms with Gasteiger partial charge in [-0.25, -0.2) is 9.59 Å². The summed E-state index contributed by atoms with van der Waals surface area (Å²) in [4.78, 5) is 36.7. The molecular weight excluding hydrogens is 436 g/mol. The average Bonchev–Trinajstić information content (AvgIpc) is 3.42. The number of ether oxygens (including phenoxy) is 2. The zero-order valence-electron chi connectivity index (χ0n) is 19.3. The van der Waals surface area contributed by atoms with Crippen LogP contribution in [-0.4, -0.2) is 55.0 Å². The first-order valence-corrected chi connectivity index (χ1v) is 11.6. The number of aliphatic carboxylic acids is 1. The van der Waals surface area contributed by atoms with Gasteiger partial charge in [0, 0.05) is 25.0 Å². The number of benzene rings is 2. The molecule has 0 spiro atoms. The molecule has 1 aliphatic heterocycles. The molecule has 0 radical (unpaired) electrons. The molecule has 8 heteroatoms. The second-order valence-electron chi connectivity index (χ2n) is 9.12. The molecule has 1 fully saturated rings. The van der Waals surface area contributed by atoms with Crippen LogP contribution in [0.4, 0.5) is 4.79 Å². The van der Waals surface area contributed by atoms with Crippen LogP contribution in [0.5, 0.6) is 0 Å². The molecule has 2 aliphatic rings. The minimum absolute atomic E-state index is 0.0696. The summed E-state index contributed by atoms with van der Waals surface area (Å²) in [6.07, 6.45) is -1.03. The highest BCUT2D eigenvalue weighted by Gasteiger charge is 2.35. The van der Waals surface area contributed by atoms with Crippen LogP contribution in [-0.2, 0) is 19.1 Å². The fourth-order valence-electron chi connectivity index (χ4n) is 4.76. The number of carboxylic acids is 1. The summed E-state index contributed by atoms with van der Waals surface area (Å²) in [5, 5.41) is 14.7. The van der Waals surface area contributed by atoms with E-state index in [9.17, 15) is 19.5 Å². The summed E-state index contributed by atoms with van der Waals surface area (Å²) in [6.45, 7) is 4.33. The van der Waals surface area contributed by atoms with Crippen molar-refractivity contribution in [2.24, 2.45) is 11.8 Å². The van der Waals surface area contributed by atoms with Crippen molar-refractivity contribution in [1.29, 1.82) is 0 Å². The molecule has 3 atom stereocenters. The molecule has 1 heterocycles. The highest BCUT2D eigenvalue weighted by Crippen LogP contribution is 2.44. The van der Waals surface area contributed by atoms with E-state index in [2.05, 4.69) is 22.8 Å². The number of hydrogen-bond donors (Lipinski definition) is 3. The second kappa shape index (κ2) is 10.3. The number of rotatable bonds is 8. The third kappa shape index (κ3) is 4.92. The van der Waals surface area contributed by atoms with Gasteiger partial charge >= 0.3 is 12.1 Å². The van der Waals surface area contributed by atoms with Crippen LogP contribution in [0, 0.1) is 11.8 Å². The summed E-state index contributed by atoms with van der Waals surface area (Å²) in [7, 11) is 0. The summed E-state index contributed by atoms with van der Waals surface area (Å²) in [5.41, 5.74) is 4.51. The first-order chi connectivity index (χ1) is 16.4. The van der Waals surface area contributed by atoms with Crippen molar-refractivity contribution in [2.45, 2.75) is 38.3 Å². The van der Waals surface area contributed by atoms with E-state index < -0.39 is 24.2 Å². The fourth-order valence-corrected chi connectivity index (χ4v) is 4.76. The number of carboxylic acid groups (broad SMARTS) is 1. The van der Waals surface area contributed by atoms with Gasteiger partial charge in [-0.1, -0.05) is 62.4 Å². The van der Waals surface area contributed by atoms with E-state index in [0.717, 1.165) is 22.3 Å². The summed E-state index contributed by atoms with van der Waals surface area (Å²) < 4.78 is 10.8. The van der Waals surface area contributed by atoms with E-state index >= 15 is 0 Å². The Balaban J connectivity index is 1.35. The molecule has 3 N–H and O–H groups in total. The molecular formula is C26H30N2O6. The molecule has 1 aliphatic carbocycles. The van der Waals surface area contributed by atoms with Crippen LogP contribution >= 0.6 is 0 Å². The lowest BCUT2D eigenvalue weighted by Crippen LogP contribution is -2.51. The van der Waals surface area contributed by atoms with Gasteiger partial charge in [0.25, 0.3) is 0 Å². The summed E-state index contributed by atoms with van der Waals surface area (Å²) >= 11 is 0. The number of amides is 2. The lowest BCUT2D eigenvalue weighted by molar-refractivity contribution is -0.149. The third-order valence-corrected chi connectivity index (χ3v) is 6.56. The number of hydrogen-bond acceptors (Lipinski definition) is 5. The molecule has 8 nitrogen and oxygen atoms in total. The van der Waals surface area contributed by atoms with Crippen LogP contribution in [0.3, 0.4) is 0 Å². The van der Waals surface area contributed by atoms with Gasteiger partial charge in [-0.15, -0.1) is 0 Å². The Morgan fingerprint density at radius 2 is 1.68 bits per heavy atom. The van der Waals surface area contributed by atoms with Gasteiger partial charge in [0.05, 0.1) is 0 Å². The Morgan fingerprint density at radius 3 is 2.26 bits per heavy atom. The van der Waals surface area contributed by atoms with Crippen molar-refractivity contribution in [2.75, 3.05) is 19.8 Å². The van der Waals surface area contributed by atoms with E-state index in [1.165, 1.54) is 0 Å². The zero-order chi connectivity index (χ0) is 24.2. The van der Waals surface area contributed by atoms with E-state index in [1.54, 1.807) is 0 Å². The van der Waals surface area contributed by atoms with Crippen molar-refractivity contribution in [3.05, 3.63) is 59.7 Å². The molecule has 3 unspecified atom stereocenters. The molecule has 2 aromatic rings. The van der Waals surface area contributed by atoms with Gasteiger partial charge in [0.15, 0.2) is 6.10 Å². The van der Waals surface area contributed by atoms with E-state index in [4.69, 9.17) is 9.47 Å². The Hall–Kier alpha value is -3.39. The molecule has 34 heavy (non-hydrogen) atoms. The van der Waals surface area contributed by atoms with Gasteiger partial charge < -0.3 is 25.2 Å². The molecule has 0 bridgehead atoms. The third-order valence-electron chi connectivity index (χ3n) is 6.56. The van der Waals surface area contributed by atoms with Gasteiger partial charge in [-0.3, -0.25) is 4.79 Å². The highest BCUT2D eigenvalue weighted by atomic mass is 16.5. The van der Waals surface area contributed by atoms with Crippen molar-refractivity contribution >= 4 is 18.0 Å². The maximum Gasteiger partial charge on any atom is 0.407 e. The smallest absolute Gasteiger partial charge is 0.407 e. The molecule has 1 saturated heterocycles. The van der Waals surface area contributed by atoms with Crippen LogP contribution < -0.4 is 10.6 Å². The normalized spacial score (nSPS) is 19.9. The molecule has 2 aromatic carbocycles. The van der Waals surface area contributed by atoms with Crippen LogP contribution in [0.1, 0.15) is 37.3 Å². The van der Waals surface area contributed by atoms with Gasteiger partial charge in [-0.2, -0.15) is 0 Å². The first kappa shape index (κ1) is 23.8. The second-order valence-corrected chi connectivity index (χ2v) is 9.12. The van der Waals surface area contributed by atoms with Crippen molar-refractivity contribution in [3.8, 4) is 11.1 Å². The number of fused-ring (bicyclic) bond motifs is 3. The van der Waals surface area contributed by atoms with E-state index in [1.807, 2.05) is 50.2 Å². The van der Waals surface area contributed by atoms with Crippen molar-refractivity contribution in [1.82, 2.24) is 10.6 Å². The van der Waals surface area contributed by atoms with Crippen LogP contribution in [0.25, 0.3) is 11.1 Å². The number of nitrogens with one attached hydrogen (secondary N) is 2. The van der Waals surface area contributed by atoms with Gasteiger partial charge in [0.2, 0.25) is 5.91 Å². The Labute approximate surface area is 198 Å². The maximum atomic E-state index is 12.8. The molecule has 4 rings (SSSR count). The zero-order valence-corrected chi connectivity index (χ0v) is 19.3. The predicted molar refractivity (Wildman–Crippen MR) is 125 cm³/mol. The minimum Gasteiger partial charge on any atom is -0.479 e. The highest BCUT2D eigenvalue weighted by molar-refractivity contribution is 5.86. The van der Waals surface area contributed by atoms with E-state index in [-0.39, 0.29) is 36.8 Å². The molecule has 0 saturated carbocycles. The van der Waals surface area contributed by atoms with Crippen LogP contribution in [0.15, 0.2) is 48.5 Å². The lowest BCUT2D eigenvalue weighted by Gasteiger charge is -2.23. The van der Waals surface area contributed by atoms with Crippen molar-refractivity contribution in [3.63, 3.8) is 0 Å². The van der Waals surface area contributed by atoms with Crippen molar-refractivity contribution < 1.29 is 29.0 Å². The topological polar surface area (TPSA) is 114 Å². The minimum atomic E-state index is -1.03. The monoisotopic (exact) mass is 466 g/mol. The first-order valence-electron chi connectivity index (χ1n) is 11.6. The van der Waals surface area contributed by atoms with Gasteiger partial charge in [-0.05, 0) is 34.6 Å². The summed E-state index contributed by atoms with van der Waals surface area (Å²) in [5.74, 6) is -1.97. The Morgan fingerprint density at radius 1 is 1.06 bits per heavy atom. The SMILES string of the molecule is CC(C)C(NC(=O)OCC1c2ccccc2-c2ccccc21)C(=O)NCC1CCOC1C(=O)O. The molecule has 180 valence electrons.